The molecule has 3 rings (SSSR count). The van der Waals surface area contributed by atoms with Gasteiger partial charge in [0, 0.05) is 39.3 Å². The molecule has 1 saturated heterocycles. The fraction of sp³-hybridized carbons (Fsp3) is 0.947. The molecule has 2 saturated carbocycles. The van der Waals surface area contributed by atoms with Crippen LogP contribution in [-0.2, 0) is 4.79 Å². The zero-order valence-electron chi connectivity index (χ0n) is 15.2. The second-order valence-electron chi connectivity index (χ2n) is 8.09. The number of nitrogens with zero attached hydrogens (tertiary/aromatic N) is 3. The Bertz CT molecular complexity index is 391. The smallest absolute Gasteiger partial charge is 0.243 e. The Balaban J connectivity index is 1.75. The van der Waals surface area contributed by atoms with E-state index >= 15 is 0 Å². The number of rotatable bonds is 3. The van der Waals surface area contributed by atoms with E-state index in [2.05, 4.69) is 28.8 Å². The first-order chi connectivity index (χ1) is 11.1. The van der Waals surface area contributed by atoms with E-state index in [9.17, 15) is 4.79 Å². The number of carbonyl (C=O) groups is 1. The molecule has 0 radical (unpaired) electrons. The molecule has 1 amide bonds. The molecule has 2 aliphatic carbocycles. The highest BCUT2D eigenvalue weighted by molar-refractivity contribution is 5.86. The van der Waals surface area contributed by atoms with E-state index in [0.717, 1.165) is 39.0 Å². The van der Waals surface area contributed by atoms with Gasteiger partial charge in [0.05, 0.1) is 0 Å². The second kappa shape index (κ2) is 7.52. The Morgan fingerprint density at radius 3 is 2.09 bits per heavy atom. The number of amides is 1. The summed E-state index contributed by atoms with van der Waals surface area (Å²) >= 11 is 0. The van der Waals surface area contributed by atoms with Gasteiger partial charge in [0.25, 0.3) is 0 Å². The Kier molecular flexibility index (Phi) is 5.63. The van der Waals surface area contributed by atoms with Crippen molar-refractivity contribution < 1.29 is 4.79 Å². The quantitative estimate of drug-likeness (QED) is 0.800. The number of hydrogen-bond acceptors (Lipinski definition) is 3. The summed E-state index contributed by atoms with van der Waals surface area (Å²) in [7, 11) is 4.28. The fourth-order valence-electron chi connectivity index (χ4n) is 5.00. The molecule has 0 atom stereocenters. The van der Waals surface area contributed by atoms with Gasteiger partial charge in [-0.1, -0.05) is 38.5 Å². The van der Waals surface area contributed by atoms with E-state index in [1.165, 1.54) is 51.4 Å². The van der Waals surface area contributed by atoms with Crippen LogP contribution >= 0.6 is 0 Å². The van der Waals surface area contributed by atoms with Crippen molar-refractivity contribution in [1.82, 2.24) is 14.7 Å². The van der Waals surface area contributed by atoms with E-state index in [1.54, 1.807) is 0 Å². The maximum Gasteiger partial charge on any atom is 0.243 e. The largest absolute Gasteiger partial charge is 0.341 e. The summed E-state index contributed by atoms with van der Waals surface area (Å²) in [5, 5.41) is 0. The van der Waals surface area contributed by atoms with Gasteiger partial charge >= 0.3 is 0 Å². The lowest BCUT2D eigenvalue weighted by atomic mass is 9.78. The third-order valence-corrected chi connectivity index (χ3v) is 6.63. The molecule has 0 aromatic rings. The van der Waals surface area contributed by atoms with Crippen LogP contribution in [0.4, 0.5) is 0 Å². The molecule has 0 unspecified atom stereocenters. The van der Waals surface area contributed by atoms with E-state index in [4.69, 9.17) is 0 Å². The third kappa shape index (κ3) is 3.58. The maximum atomic E-state index is 13.6. The van der Waals surface area contributed by atoms with Crippen molar-refractivity contribution in [2.24, 2.45) is 0 Å². The van der Waals surface area contributed by atoms with Crippen LogP contribution in [0.1, 0.15) is 64.2 Å². The maximum absolute atomic E-state index is 13.6. The summed E-state index contributed by atoms with van der Waals surface area (Å²) in [5.41, 5.74) is -0.189. The standard InChI is InChI=1S/C19H35N3O/c1-20-13-15-22(16-14-20)19(11-7-4-8-12-19)18(23)21(2)17-9-5-3-6-10-17/h17H,3-16H2,1-2H3. The number of carbonyl (C=O) groups excluding carboxylic acids is 1. The topological polar surface area (TPSA) is 26.8 Å². The average molecular weight is 322 g/mol. The van der Waals surface area contributed by atoms with Gasteiger partial charge in [-0.2, -0.15) is 0 Å². The van der Waals surface area contributed by atoms with Crippen LogP contribution in [0.15, 0.2) is 0 Å². The molecule has 23 heavy (non-hydrogen) atoms. The highest BCUT2D eigenvalue weighted by atomic mass is 16.2. The second-order valence-corrected chi connectivity index (χ2v) is 8.09. The lowest BCUT2D eigenvalue weighted by molar-refractivity contribution is -0.150. The highest BCUT2D eigenvalue weighted by Crippen LogP contribution is 2.37. The molecule has 4 nitrogen and oxygen atoms in total. The van der Waals surface area contributed by atoms with Crippen molar-refractivity contribution >= 4 is 5.91 Å². The minimum absolute atomic E-state index is 0.189. The van der Waals surface area contributed by atoms with Crippen LogP contribution in [0.2, 0.25) is 0 Å². The number of piperazine rings is 1. The third-order valence-electron chi connectivity index (χ3n) is 6.63. The van der Waals surface area contributed by atoms with Crippen molar-refractivity contribution in [2.75, 3.05) is 40.3 Å². The van der Waals surface area contributed by atoms with Gasteiger partial charge in [-0.25, -0.2) is 0 Å². The van der Waals surface area contributed by atoms with Crippen LogP contribution in [0.25, 0.3) is 0 Å². The first-order valence-corrected chi connectivity index (χ1v) is 9.84. The predicted molar refractivity (Wildman–Crippen MR) is 94.5 cm³/mol. The summed E-state index contributed by atoms with van der Waals surface area (Å²) in [6, 6.07) is 0.488. The van der Waals surface area contributed by atoms with Crippen molar-refractivity contribution in [1.29, 1.82) is 0 Å². The van der Waals surface area contributed by atoms with Crippen LogP contribution in [0, 0.1) is 0 Å². The van der Waals surface area contributed by atoms with Gasteiger partial charge in [0.1, 0.15) is 5.54 Å². The normalized spacial score (nSPS) is 27.7. The summed E-state index contributed by atoms with van der Waals surface area (Å²) in [4.78, 5) is 20.7. The summed E-state index contributed by atoms with van der Waals surface area (Å²) in [5.74, 6) is 0.439. The average Bonchev–Trinajstić information content (AvgIpc) is 2.62. The van der Waals surface area contributed by atoms with Gasteiger partial charge in [-0.05, 0) is 32.7 Å². The highest BCUT2D eigenvalue weighted by Gasteiger charge is 2.47. The van der Waals surface area contributed by atoms with E-state index in [0.29, 0.717) is 11.9 Å². The molecule has 0 N–H and O–H groups in total. The lowest BCUT2D eigenvalue weighted by Gasteiger charge is -2.50. The molecule has 1 aliphatic heterocycles. The van der Waals surface area contributed by atoms with E-state index < -0.39 is 0 Å². The van der Waals surface area contributed by atoms with Crippen molar-refractivity contribution in [3.05, 3.63) is 0 Å². The monoisotopic (exact) mass is 321 g/mol. The van der Waals surface area contributed by atoms with Gasteiger partial charge in [-0.15, -0.1) is 0 Å². The van der Waals surface area contributed by atoms with Crippen LogP contribution < -0.4 is 0 Å². The molecule has 3 fully saturated rings. The molecule has 132 valence electrons. The number of hydrogen-bond donors (Lipinski definition) is 0. The van der Waals surface area contributed by atoms with Crippen LogP contribution in [0.3, 0.4) is 0 Å². The molecule has 4 heteroatoms. The summed E-state index contributed by atoms with van der Waals surface area (Å²) < 4.78 is 0. The molecule has 3 aliphatic rings. The van der Waals surface area contributed by atoms with Crippen molar-refractivity contribution in [2.45, 2.75) is 75.8 Å². The molecular formula is C19H35N3O. The minimum atomic E-state index is -0.189. The minimum Gasteiger partial charge on any atom is -0.341 e. The molecule has 0 spiro atoms. The molecule has 1 heterocycles. The Morgan fingerprint density at radius 2 is 1.48 bits per heavy atom. The first kappa shape index (κ1) is 17.2. The summed E-state index contributed by atoms with van der Waals surface area (Å²) in [6.07, 6.45) is 12.3. The Labute approximate surface area is 142 Å². The van der Waals surface area contributed by atoms with Crippen LogP contribution in [0.5, 0.6) is 0 Å². The lowest BCUT2D eigenvalue weighted by Crippen LogP contribution is -2.64. The molecule has 0 aromatic heterocycles. The van der Waals surface area contributed by atoms with Gasteiger partial charge in [0.2, 0.25) is 5.91 Å². The predicted octanol–water partition coefficient (Wildman–Crippen LogP) is 2.73. The number of likely N-dealkylation sites (N-methyl/N-ethyl adjacent to an activating group) is 2. The van der Waals surface area contributed by atoms with Crippen LogP contribution in [-0.4, -0.2) is 72.5 Å². The zero-order chi connectivity index (χ0) is 16.3. The first-order valence-electron chi connectivity index (χ1n) is 9.84. The molecule has 0 aromatic carbocycles. The summed E-state index contributed by atoms with van der Waals surface area (Å²) in [6.45, 7) is 4.31. The Morgan fingerprint density at radius 1 is 0.913 bits per heavy atom. The van der Waals surface area contributed by atoms with Crippen molar-refractivity contribution in [3.63, 3.8) is 0 Å². The zero-order valence-corrected chi connectivity index (χ0v) is 15.2. The molecular weight excluding hydrogens is 286 g/mol. The van der Waals surface area contributed by atoms with Gasteiger partial charge in [0.15, 0.2) is 0 Å². The van der Waals surface area contributed by atoms with E-state index in [-0.39, 0.29) is 5.54 Å². The van der Waals surface area contributed by atoms with Crippen molar-refractivity contribution in [3.8, 4) is 0 Å². The Hall–Kier alpha value is -0.610. The van der Waals surface area contributed by atoms with Gasteiger partial charge in [-0.3, -0.25) is 9.69 Å². The molecule has 0 bridgehead atoms. The van der Waals surface area contributed by atoms with E-state index in [1.807, 2.05) is 0 Å². The fourth-order valence-corrected chi connectivity index (χ4v) is 5.00. The SMILES string of the molecule is CN1CCN(C2(C(=O)N(C)C3CCCCC3)CCCCC2)CC1. The van der Waals surface area contributed by atoms with Gasteiger partial charge < -0.3 is 9.80 Å².